The summed E-state index contributed by atoms with van der Waals surface area (Å²) in [4.78, 5) is 11.1. The number of carbonyl (C=O) groups excluding carboxylic acids is 1. The number of esters is 1. The number of hydrogen-bond donors (Lipinski definition) is 0. The van der Waals surface area contributed by atoms with Crippen molar-refractivity contribution in [3.63, 3.8) is 0 Å². The molecule has 0 aliphatic carbocycles. The Labute approximate surface area is 80.4 Å². The van der Waals surface area contributed by atoms with Gasteiger partial charge in [0.15, 0.2) is 0 Å². The summed E-state index contributed by atoms with van der Waals surface area (Å²) in [6, 6.07) is 0. The van der Waals surface area contributed by atoms with Gasteiger partial charge in [0, 0.05) is 6.61 Å². The minimum atomic E-state index is -0.387. The smallest absolute Gasteiger partial charge is 0.308 e. The molecule has 0 heterocycles. The van der Waals surface area contributed by atoms with Crippen LogP contribution in [0.5, 0.6) is 0 Å². The molecule has 0 aliphatic rings. The van der Waals surface area contributed by atoms with Gasteiger partial charge in [-0.05, 0) is 27.2 Å². The molecule has 0 saturated carbocycles. The second-order valence-corrected chi connectivity index (χ2v) is 3.95. The molecule has 0 fully saturated rings. The Morgan fingerprint density at radius 2 is 1.85 bits per heavy atom. The molecule has 0 atom stereocenters. The molecule has 3 heteroatoms. The van der Waals surface area contributed by atoms with E-state index in [-0.39, 0.29) is 11.6 Å². The fourth-order valence-corrected chi connectivity index (χ4v) is 0.794. The van der Waals surface area contributed by atoms with E-state index in [4.69, 9.17) is 9.47 Å². The molecule has 0 aromatic carbocycles. The maximum absolute atomic E-state index is 11.1. The third kappa shape index (κ3) is 9.34. The van der Waals surface area contributed by atoms with E-state index in [9.17, 15) is 4.79 Å². The van der Waals surface area contributed by atoms with Gasteiger partial charge in [-0.1, -0.05) is 6.92 Å². The van der Waals surface area contributed by atoms with E-state index in [1.165, 1.54) is 0 Å². The van der Waals surface area contributed by atoms with Crippen molar-refractivity contribution in [2.24, 2.45) is 0 Å². The third-order valence-corrected chi connectivity index (χ3v) is 1.22. The molecule has 0 saturated heterocycles. The summed E-state index contributed by atoms with van der Waals surface area (Å²) in [7, 11) is 0. The normalized spacial score (nSPS) is 11.4. The Kier molecular flexibility index (Phi) is 5.71. The SMILES string of the molecule is CCCOCCC(=O)OC(C)(C)C. The highest BCUT2D eigenvalue weighted by Gasteiger charge is 2.15. The van der Waals surface area contributed by atoms with Crippen molar-refractivity contribution in [2.75, 3.05) is 13.2 Å². The molecule has 0 N–H and O–H groups in total. The Bertz CT molecular complexity index is 147. The van der Waals surface area contributed by atoms with Gasteiger partial charge in [0.25, 0.3) is 0 Å². The quantitative estimate of drug-likeness (QED) is 0.490. The van der Waals surface area contributed by atoms with Crippen LogP contribution in [0, 0.1) is 0 Å². The van der Waals surface area contributed by atoms with Crippen LogP contribution in [0.1, 0.15) is 40.5 Å². The zero-order valence-corrected chi connectivity index (χ0v) is 9.05. The van der Waals surface area contributed by atoms with E-state index in [0.717, 1.165) is 6.42 Å². The fourth-order valence-electron chi connectivity index (χ4n) is 0.794. The molecule has 0 aromatic heterocycles. The van der Waals surface area contributed by atoms with Crippen molar-refractivity contribution < 1.29 is 14.3 Å². The van der Waals surface area contributed by atoms with E-state index in [1.807, 2.05) is 27.7 Å². The molecule has 3 nitrogen and oxygen atoms in total. The van der Waals surface area contributed by atoms with E-state index >= 15 is 0 Å². The van der Waals surface area contributed by atoms with Crippen molar-refractivity contribution in [3.8, 4) is 0 Å². The molecule has 78 valence electrons. The first-order valence-electron chi connectivity index (χ1n) is 4.75. The van der Waals surface area contributed by atoms with Crippen LogP contribution in [0.25, 0.3) is 0 Å². The Morgan fingerprint density at radius 3 is 2.31 bits per heavy atom. The van der Waals surface area contributed by atoms with Crippen LogP contribution in [0.3, 0.4) is 0 Å². The molecule has 0 bridgehead atoms. The molecule has 0 aliphatic heterocycles. The van der Waals surface area contributed by atoms with Crippen molar-refractivity contribution in [1.29, 1.82) is 0 Å². The highest BCUT2D eigenvalue weighted by Crippen LogP contribution is 2.07. The van der Waals surface area contributed by atoms with Gasteiger partial charge in [0.1, 0.15) is 5.60 Å². The summed E-state index contributed by atoms with van der Waals surface area (Å²) in [5.41, 5.74) is -0.387. The second kappa shape index (κ2) is 5.97. The zero-order valence-electron chi connectivity index (χ0n) is 9.05. The highest BCUT2D eigenvalue weighted by atomic mass is 16.6. The number of rotatable bonds is 5. The predicted molar refractivity (Wildman–Crippen MR) is 51.6 cm³/mol. The molecular formula is C10H20O3. The summed E-state index contributed by atoms with van der Waals surface area (Å²) in [5.74, 6) is -0.191. The van der Waals surface area contributed by atoms with Crippen LogP contribution < -0.4 is 0 Å². The lowest BCUT2D eigenvalue weighted by Crippen LogP contribution is -2.24. The van der Waals surface area contributed by atoms with Gasteiger partial charge in [-0.3, -0.25) is 4.79 Å². The highest BCUT2D eigenvalue weighted by molar-refractivity contribution is 5.69. The molecule has 13 heavy (non-hydrogen) atoms. The van der Waals surface area contributed by atoms with Gasteiger partial charge < -0.3 is 9.47 Å². The molecule has 0 aromatic rings. The van der Waals surface area contributed by atoms with Crippen LogP contribution in [0.4, 0.5) is 0 Å². The van der Waals surface area contributed by atoms with E-state index in [0.29, 0.717) is 19.6 Å². The van der Waals surface area contributed by atoms with Gasteiger partial charge in [0.2, 0.25) is 0 Å². The largest absolute Gasteiger partial charge is 0.460 e. The van der Waals surface area contributed by atoms with Crippen LogP contribution in [-0.2, 0) is 14.3 Å². The molecule has 0 rings (SSSR count). The first-order valence-corrected chi connectivity index (χ1v) is 4.75. The van der Waals surface area contributed by atoms with Crippen LogP contribution in [0.2, 0.25) is 0 Å². The average Bonchev–Trinajstić information content (AvgIpc) is 1.94. The minimum absolute atomic E-state index is 0.191. The van der Waals surface area contributed by atoms with Crippen LogP contribution in [0.15, 0.2) is 0 Å². The monoisotopic (exact) mass is 188 g/mol. The Morgan fingerprint density at radius 1 is 1.23 bits per heavy atom. The van der Waals surface area contributed by atoms with E-state index in [2.05, 4.69) is 0 Å². The van der Waals surface area contributed by atoms with E-state index < -0.39 is 0 Å². The van der Waals surface area contributed by atoms with Crippen molar-refractivity contribution >= 4 is 5.97 Å². The fraction of sp³-hybridized carbons (Fsp3) is 0.900. The summed E-state index contributed by atoms with van der Waals surface area (Å²) < 4.78 is 10.3. The Balaban J connectivity index is 3.41. The predicted octanol–water partition coefficient (Wildman–Crippen LogP) is 2.14. The maximum Gasteiger partial charge on any atom is 0.308 e. The lowest BCUT2D eigenvalue weighted by molar-refractivity contribution is -0.156. The van der Waals surface area contributed by atoms with Gasteiger partial charge in [-0.15, -0.1) is 0 Å². The zero-order chi connectivity index (χ0) is 10.3. The first kappa shape index (κ1) is 12.4. The van der Waals surface area contributed by atoms with Gasteiger partial charge in [-0.2, -0.15) is 0 Å². The third-order valence-electron chi connectivity index (χ3n) is 1.22. The molecule has 0 unspecified atom stereocenters. The van der Waals surface area contributed by atoms with Crippen LogP contribution in [-0.4, -0.2) is 24.8 Å². The van der Waals surface area contributed by atoms with Crippen molar-refractivity contribution in [3.05, 3.63) is 0 Å². The van der Waals surface area contributed by atoms with E-state index in [1.54, 1.807) is 0 Å². The van der Waals surface area contributed by atoms with Gasteiger partial charge in [-0.25, -0.2) is 0 Å². The van der Waals surface area contributed by atoms with Gasteiger partial charge >= 0.3 is 5.97 Å². The number of hydrogen-bond acceptors (Lipinski definition) is 3. The first-order chi connectivity index (χ1) is 5.95. The number of carbonyl (C=O) groups is 1. The Hall–Kier alpha value is -0.570. The average molecular weight is 188 g/mol. The number of ether oxygens (including phenoxy) is 2. The van der Waals surface area contributed by atoms with Gasteiger partial charge in [0.05, 0.1) is 13.0 Å². The maximum atomic E-state index is 11.1. The molecule has 0 spiro atoms. The summed E-state index contributed by atoms with van der Waals surface area (Å²) >= 11 is 0. The summed E-state index contributed by atoms with van der Waals surface area (Å²) in [6.07, 6.45) is 1.32. The second-order valence-electron chi connectivity index (χ2n) is 3.95. The lowest BCUT2D eigenvalue weighted by atomic mass is 10.2. The minimum Gasteiger partial charge on any atom is -0.460 e. The summed E-state index contributed by atoms with van der Waals surface area (Å²) in [5, 5.41) is 0. The van der Waals surface area contributed by atoms with Crippen molar-refractivity contribution in [1.82, 2.24) is 0 Å². The topological polar surface area (TPSA) is 35.5 Å². The lowest BCUT2D eigenvalue weighted by Gasteiger charge is -2.19. The molecular weight excluding hydrogens is 168 g/mol. The standard InChI is InChI=1S/C10H20O3/c1-5-7-12-8-6-9(11)13-10(2,3)4/h5-8H2,1-4H3. The summed E-state index contributed by atoms with van der Waals surface area (Å²) in [6.45, 7) is 8.78. The molecule has 0 radical (unpaired) electrons. The van der Waals surface area contributed by atoms with Crippen LogP contribution >= 0.6 is 0 Å². The molecule has 0 amide bonds. The van der Waals surface area contributed by atoms with Crippen molar-refractivity contribution in [2.45, 2.75) is 46.1 Å².